The zero-order valence-electron chi connectivity index (χ0n) is 14.4. The molecule has 0 unspecified atom stereocenters. The molecule has 0 spiro atoms. The van der Waals surface area contributed by atoms with Crippen molar-refractivity contribution in [1.82, 2.24) is 10.6 Å². The summed E-state index contributed by atoms with van der Waals surface area (Å²) in [5.74, 6) is 0.578. The summed E-state index contributed by atoms with van der Waals surface area (Å²) >= 11 is 5.07. The third kappa shape index (κ3) is 8.55. The maximum atomic E-state index is 12.0. The van der Waals surface area contributed by atoms with Crippen LogP contribution in [0.4, 0.5) is 0 Å². The average molecular weight is 337 g/mol. The number of rotatable bonds is 9. The van der Waals surface area contributed by atoms with Gasteiger partial charge in [-0.05, 0) is 56.8 Å². The van der Waals surface area contributed by atoms with Gasteiger partial charge in [0.25, 0.3) is 5.91 Å². The van der Waals surface area contributed by atoms with E-state index in [1.807, 2.05) is 26.0 Å². The van der Waals surface area contributed by atoms with Crippen LogP contribution in [0.2, 0.25) is 0 Å². The molecule has 4 nitrogen and oxygen atoms in total. The van der Waals surface area contributed by atoms with Crippen LogP contribution in [0.5, 0.6) is 5.75 Å². The smallest absolute Gasteiger partial charge is 0.257 e. The van der Waals surface area contributed by atoms with Crippen molar-refractivity contribution >= 4 is 23.2 Å². The molecule has 0 aliphatic rings. The zero-order valence-corrected chi connectivity index (χ0v) is 15.2. The fourth-order valence-electron chi connectivity index (χ4n) is 2.07. The predicted octanol–water partition coefficient (Wildman–Crippen LogP) is 4.05. The highest BCUT2D eigenvalue weighted by Crippen LogP contribution is 2.13. The van der Waals surface area contributed by atoms with Gasteiger partial charge in [-0.15, -0.1) is 0 Å². The minimum atomic E-state index is -0.214. The predicted molar refractivity (Wildman–Crippen MR) is 99.0 cm³/mol. The Morgan fingerprint density at radius 3 is 2.39 bits per heavy atom. The first kappa shape index (κ1) is 19.4. The lowest BCUT2D eigenvalue weighted by Gasteiger charge is -2.12. The summed E-state index contributed by atoms with van der Waals surface area (Å²) in [5.41, 5.74) is 0.563. The molecule has 1 rings (SSSR count). The number of thiocarbonyl (C=S) groups is 1. The quantitative estimate of drug-likeness (QED) is 0.528. The molecule has 5 heteroatoms. The number of benzene rings is 1. The first-order valence-electron chi connectivity index (χ1n) is 8.37. The summed E-state index contributed by atoms with van der Waals surface area (Å²) in [4.78, 5) is 12.0. The Labute approximate surface area is 145 Å². The molecule has 0 saturated heterocycles. The number of nitrogens with one attached hydrogen (secondary N) is 2. The van der Waals surface area contributed by atoms with Crippen molar-refractivity contribution in [3.63, 3.8) is 0 Å². The summed E-state index contributed by atoms with van der Waals surface area (Å²) in [6, 6.07) is 7.33. The Morgan fingerprint density at radius 1 is 1.13 bits per heavy atom. The maximum Gasteiger partial charge on any atom is 0.257 e. The van der Waals surface area contributed by atoms with E-state index in [2.05, 4.69) is 17.6 Å². The van der Waals surface area contributed by atoms with Crippen LogP contribution in [0.15, 0.2) is 24.3 Å². The van der Waals surface area contributed by atoms with E-state index in [9.17, 15) is 4.79 Å². The lowest BCUT2D eigenvalue weighted by atomic mass is 10.2. The zero-order chi connectivity index (χ0) is 17.1. The van der Waals surface area contributed by atoms with Gasteiger partial charge in [0.15, 0.2) is 5.11 Å². The van der Waals surface area contributed by atoms with Crippen LogP contribution in [0.1, 0.15) is 63.2 Å². The molecule has 0 saturated carbocycles. The highest BCUT2D eigenvalue weighted by Gasteiger charge is 2.08. The van der Waals surface area contributed by atoms with Crippen molar-refractivity contribution in [3.8, 4) is 5.75 Å². The standard InChI is InChI=1S/C18H28N2O2S/c1-4-5-6-7-8-13-22-16-11-9-15(10-12-16)17(21)20-18(23)19-14(2)3/h9-12,14H,4-8,13H2,1-3H3,(H2,19,20,21,23). The lowest BCUT2D eigenvalue weighted by Crippen LogP contribution is -2.42. The molecule has 0 heterocycles. The van der Waals surface area contributed by atoms with Crippen LogP contribution in [0.3, 0.4) is 0 Å². The second kappa shape index (κ2) is 11.0. The SMILES string of the molecule is CCCCCCCOc1ccc(C(=O)NC(=S)NC(C)C)cc1. The van der Waals surface area contributed by atoms with Crippen molar-refractivity contribution in [1.29, 1.82) is 0 Å². The number of hydrogen-bond donors (Lipinski definition) is 2. The van der Waals surface area contributed by atoms with E-state index in [0.717, 1.165) is 18.8 Å². The van der Waals surface area contributed by atoms with Gasteiger partial charge in [0.1, 0.15) is 5.75 Å². The van der Waals surface area contributed by atoms with Gasteiger partial charge in [0.2, 0.25) is 0 Å². The Hall–Kier alpha value is -1.62. The van der Waals surface area contributed by atoms with Crippen molar-refractivity contribution in [2.75, 3.05) is 6.61 Å². The summed E-state index contributed by atoms with van der Waals surface area (Å²) in [6.45, 7) is 6.86. The molecule has 0 aliphatic carbocycles. The third-order valence-corrected chi connectivity index (χ3v) is 3.50. The Balaban J connectivity index is 2.35. The molecule has 0 radical (unpaired) electrons. The molecular formula is C18H28N2O2S. The van der Waals surface area contributed by atoms with Crippen molar-refractivity contribution in [2.45, 2.75) is 58.9 Å². The molecule has 0 atom stereocenters. The van der Waals surface area contributed by atoms with Gasteiger partial charge < -0.3 is 10.1 Å². The highest BCUT2D eigenvalue weighted by molar-refractivity contribution is 7.80. The molecule has 23 heavy (non-hydrogen) atoms. The highest BCUT2D eigenvalue weighted by atomic mass is 32.1. The van der Waals surface area contributed by atoms with Crippen LogP contribution < -0.4 is 15.4 Å². The van der Waals surface area contributed by atoms with Crippen molar-refractivity contribution < 1.29 is 9.53 Å². The molecule has 128 valence electrons. The van der Waals surface area contributed by atoms with Crippen LogP contribution in [0.25, 0.3) is 0 Å². The lowest BCUT2D eigenvalue weighted by molar-refractivity contribution is 0.0976. The molecular weight excluding hydrogens is 308 g/mol. The molecule has 1 aromatic rings. The van der Waals surface area contributed by atoms with Crippen LogP contribution in [-0.2, 0) is 0 Å². The van der Waals surface area contributed by atoms with E-state index in [4.69, 9.17) is 17.0 Å². The Kier molecular flexibility index (Phi) is 9.29. The minimum absolute atomic E-state index is 0.191. The fourth-order valence-corrected chi connectivity index (χ4v) is 2.40. The van der Waals surface area contributed by atoms with Crippen LogP contribution >= 0.6 is 12.2 Å². The van der Waals surface area contributed by atoms with Gasteiger partial charge in [-0.2, -0.15) is 0 Å². The first-order valence-corrected chi connectivity index (χ1v) is 8.78. The van der Waals surface area contributed by atoms with Gasteiger partial charge in [-0.25, -0.2) is 0 Å². The van der Waals surface area contributed by atoms with E-state index < -0.39 is 0 Å². The number of carbonyl (C=O) groups excluding carboxylic acids is 1. The third-order valence-electron chi connectivity index (χ3n) is 3.28. The van der Waals surface area contributed by atoms with Crippen molar-refractivity contribution in [3.05, 3.63) is 29.8 Å². The van der Waals surface area contributed by atoms with Crippen LogP contribution in [-0.4, -0.2) is 23.7 Å². The monoisotopic (exact) mass is 336 g/mol. The number of unbranched alkanes of at least 4 members (excludes halogenated alkanes) is 4. The van der Waals surface area contributed by atoms with E-state index in [0.29, 0.717) is 10.7 Å². The average Bonchev–Trinajstić information content (AvgIpc) is 2.50. The molecule has 0 aromatic heterocycles. The first-order chi connectivity index (χ1) is 11.0. The fraction of sp³-hybridized carbons (Fsp3) is 0.556. The van der Waals surface area contributed by atoms with Gasteiger partial charge in [0, 0.05) is 11.6 Å². The molecule has 1 aromatic carbocycles. The van der Waals surface area contributed by atoms with Crippen LogP contribution in [0, 0.1) is 0 Å². The molecule has 0 aliphatic heterocycles. The molecule has 0 fully saturated rings. The van der Waals surface area contributed by atoms with Gasteiger partial charge >= 0.3 is 0 Å². The number of amides is 1. The Morgan fingerprint density at radius 2 is 1.78 bits per heavy atom. The normalized spacial score (nSPS) is 10.4. The minimum Gasteiger partial charge on any atom is -0.494 e. The second-order valence-corrected chi connectivity index (χ2v) is 6.28. The van der Waals surface area contributed by atoms with E-state index >= 15 is 0 Å². The van der Waals surface area contributed by atoms with Gasteiger partial charge in [0.05, 0.1) is 6.61 Å². The Bertz CT molecular complexity index is 486. The summed E-state index contributed by atoms with van der Waals surface area (Å²) in [5, 5.41) is 5.98. The number of carbonyl (C=O) groups is 1. The van der Waals surface area contributed by atoms with E-state index in [1.54, 1.807) is 12.1 Å². The summed E-state index contributed by atoms with van der Waals surface area (Å²) < 4.78 is 5.68. The number of hydrogen-bond acceptors (Lipinski definition) is 3. The summed E-state index contributed by atoms with van der Waals surface area (Å²) in [6.07, 6.45) is 6.08. The largest absolute Gasteiger partial charge is 0.494 e. The summed E-state index contributed by atoms with van der Waals surface area (Å²) in [7, 11) is 0. The molecule has 0 bridgehead atoms. The molecule has 2 N–H and O–H groups in total. The van der Waals surface area contributed by atoms with E-state index in [-0.39, 0.29) is 11.9 Å². The van der Waals surface area contributed by atoms with E-state index in [1.165, 1.54) is 25.7 Å². The number of ether oxygens (including phenoxy) is 1. The van der Waals surface area contributed by atoms with Crippen molar-refractivity contribution in [2.24, 2.45) is 0 Å². The topological polar surface area (TPSA) is 50.4 Å². The maximum absolute atomic E-state index is 12.0. The van der Waals surface area contributed by atoms with Gasteiger partial charge in [-0.1, -0.05) is 32.6 Å². The molecule has 1 amide bonds. The second-order valence-electron chi connectivity index (χ2n) is 5.87. The van der Waals surface area contributed by atoms with Gasteiger partial charge in [-0.3, -0.25) is 10.1 Å².